The molecule has 9 nitrogen and oxygen atoms in total. The summed E-state index contributed by atoms with van der Waals surface area (Å²) in [7, 11) is 0. The summed E-state index contributed by atoms with van der Waals surface area (Å²) in [6.07, 6.45) is 7.19. The molecule has 1 saturated heterocycles. The number of fused-ring (bicyclic) bond motifs is 1. The molecule has 1 aromatic carbocycles. The first-order valence-electron chi connectivity index (χ1n) is 14.8. The summed E-state index contributed by atoms with van der Waals surface area (Å²) in [5.74, 6) is 2.84. The average molecular weight is 556 g/mol. The minimum atomic E-state index is -0.106. The topological polar surface area (TPSA) is 84.7 Å². The van der Waals surface area contributed by atoms with Gasteiger partial charge < -0.3 is 28.4 Å². The van der Waals surface area contributed by atoms with Crippen molar-refractivity contribution in [2.75, 3.05) is 52.7 Å². The summed E-state index contributed by atoms with van der Waals surface area (Å²) in [6.45, 7) is 9.40. The maximum Gasteiger partial charge on any atom is 0.242 e. The molecule has 0 radical (unpaired) electrons. The molecule has 2 aromatic rings. The lowest BCUT2D eigenvalue weighted by atomic mass is 10.1. The molecule has 0 N–H and O–H groups in total. The summed E-state index contributed by atoms with van der Waals surface area (Å²) in [5, 5.41) is 0. The highest BCUT2D eigenvalue weighted by molar-refractivity contribution is 5.85. The second-order valence-electron chi connectivity index (χ2n) is 10.7. The van der Waals surface area contributed by atoms with Crippen LogP contribution in [0.25, 0.3) is 0 Å². The van der Waals surface area contributed by atoms with Gasteiger partial charge in [-0.3, -0.25) is 14.5 Å². The molecule has 0 atom stereocenters. The van der Waals surface area contributed by atoms with Gasteiger partial charge in [-0.1, -0.05) is 45.1 Å². The van der Waals surface area contributed by atoms with Crippen molar-refractivity contribution in [1.29, 1.82) is 0 Å². The molecule has 0 saturated carbocycles. The van der Waals surface area contributed by atoms with Crippen LogP contribution in [0.2, 0.25) is 0 Å². The van der Waals surface area contributed by atoms with E-state index in [0.717, 1.165) is 50.2 Å². The Balaban J connectivity index is 1.42. The van der Waals surface area contributed by atoms with Crippen LogP contribution in [0.4, 0.5) is 0 Å². The van der Waals surface area contributed by atoms with Gasteiger partial charge in [0.2, 0.25) is 18.6 Å². The number of ether oxygens (including phenoxy) is 3. The maximum absolute atomic E-state index is 13.8. The van der Waals surface area contributed by atoms with Crippen molar-refractivity contribution >= 4 is 11.8 Å². The molecular formula is C31H45N3O6. The molecule has 3 heterocycles. The lowest BCUT2D eigenvalue weighted by Gasteiger charge is -2.31. The molecule has 0 bridgehead atoms. The highest BCUT2D eigenvalue weighted by Crippen LogP contribution is 2.33. The number of benzene rings is 1. The Morgan fingerprint density at radius 1 is 0.875 bits per heavy atom. The molecule has 1 aromatic heterocycles. The third-order valence-electron chi connectivity index (χ3n) is 7.52. The number of hydrogen-bond donors (Lipinski definition) is 0. The zero-order valence-electron chi connectivity index (χ0n) is 24.2. The van der Waals surface area contributed by atoms with Crippen molar-refractivity contribution in [1.82, 2.24) is 14.7 Å². The largest absolute Gasteiger partial charge is 0.464 e. The van der Waals surface area contributed by atoms with Gasteiger partial charge in [0.25, 0.3) is 0 Å². The second-order valence-corrected chi connectivity index (χ2v) is 10.7. The minimum absolute atomic E-state index is 0.0449. The van der Waals surface area contributed by atoms with E-state index in [1.54, 1.807) is 9.80 Å². The van der Waals surface area contributed by atoms with E-state index in [-0.39, 0.29) is 25.2 Å². The Morgan fingerprint density at radius 3 is 2.42 bits per heavy atom. The SMILES string of the molecule is CCCCCCCCC(=O)N(CCN1CCOCC1)CC(=O)N(Cc1ccc2c(c1)OCO2)Cc1ccc(C)o1. The van der Waals surface area contributed by atoms with E-state index in [4.69, 9.17) is 18.6 Å². The van der Waals surface area contributed by atoms with E-state index in [2.05, 4.69) is 11.8 Å². The molecule has 1 fully saturated rings. The summed E-state index contributed by atoms with van der Waals surface area (Å²) < 4.78 is 22.3. The normalized spacial score (nSPS) is 14.8. The van der Waals surface area contributed by atoms with E-state index < -0.39 is 0 Å². The van der Waals surface area contributed by atoms with Crippen molar-refractivity contribution in [2.45, 2.75) is 71.9 Å². The summed E-state index contributed by atoms with van der Waals surface area (Å²) >= 11 is 0. The number of nitrogens with zero attached hydrogens (tertiary/aromatic N) is 3. The molecule has 4 rings (SSSR count). The van der Waals surface area contributed by atoms with Gasteiger partial charge in [0.15, 0.2) is 11.5 Å². The number of carbonyl (C=O) groups excluding carboxylic acids is 2. The highest BCUT2D eigenvalue weighted by Gasteiger charge is 2.24. The van der Waals surface area contributed by atoms with Gasteiger partial charge in [0, 0.05) is 39.1 Å². The van der Waals surface area contributed by atoms with Gasteiger partial charge in [-0.2, -0.15) is 0 Å². The van der Waals surface area contributed by atoms with Crippen LogP contribution in [0.3, 0.4) is 0 Å². The Labute approximate surface area is 238 Å². The van der Waals surface area contributed by atoms with E-state index >= 15 is 0 Å². The van der Waals surface area contributed by atoms with Crippen LogP contribution in [0.5, 0.6) is 11.5 Å². The molecule has 2 aliphatic rings. The first-order valence-corrected chi connectivity index (χ1v) is 14.8. The third-order valence-corrected chi connectivity index (χ3v) is 7.52. The van der Waals surface area contributed by atoms with E-state index in [0.29, 0.717) is 56.5 Å². The smallest absolute Gasteiger partial charge is 0.242 e. The summed E-state index contributed by atoms with van der Waals surface area (Å²) in [4.78, 5) is 33.0. The monoisotopic (exact) mass is 555 g/mol. The maximum atomic E-state index is 13.8. The number of amides is 2. The van der Waals surface area contributed by atoms with Crippen LogP contribution >= 0.6 is 0 Å². The number of unbranched alkanes of at least 4 members (excludes halogenated alkanes) is 5. The lowest BCUT2D eigenvalue weighted by Crippen LogP contribution is -2.47. The summed E-state index contributed by atoms with van der Waals surface area (Å²) in [6, 6.07) is 9.53. The van der Waals surface area contributed by atoms with Gasteiger partial charge in [-0.05, 0) is 43.2 Å². The fraction of sp³-hybridized carbons (Fsp3) is 0.613. The first-order chi connectivity index (χ1) is 19.5. The third kappa shape index (κ3) is 9.27. The van der Waals surface area contributed by atoms with Crippen LogP contribution in [-0.2, 0) is 27.4 Å². The van der Waals surface area contributed by atoms with E-state index in [9.17, 15) is 9.59 Å². The van der Waals surface area contributed by atoms with Crippen molar-refractivity contribution in [3.63, 3.8) is 0 Å². The fourth-order valence-electron chi connectivity index (χ4n) is 5.11. The van der Waals surface area contributed by atoms with Gasteiger partial charge in [-0.15, -0.1) is 0 Å². The number of furan rings is 1. The van der Waals surface area contributed by atoms with Gasteiger partial charge >= 0.3 is 0 Å². The molecule has 0 aliphatic carbocycles. The number of aryl methyl sites for hydroxylation is 1. The Hall–Kier alpha value is -3.04. The quantitative estimate of drug-likeness (QED) is 0.276. The van der Waals surface area contributed by atoms with E-state index in [1.807, 2.05) is 37.3 Å². The standard InChI is InChI=1S/C31H45N3O6/c1-3-4-5-6-7-8-9-30(35)33(15-14-32-16-18-37-19-17-32)23-31(36)34(22-27-12-10-25(2)40-27)21-26-11-13-28-29(20-26)39-24-38-28/h10-13,20H,3-9,14-19,21-24H2,1-2H3. The number of rotatable bonds is 16. The molecular weight excluding hydrogens is 510 g/mol. The van der Waals surface area contributed by atoms with Crippen LogP contribution < -0.4 is 9.47 Å². The lowest BCUT2D eigenvalue weighted by molar-refractivity contribution is -0.141. The second kappa shape index (κ2) is 15.7. The minimum Gasteiger partial charge on any atom is -0.464 e. The van der Waals surface area contributed by atoms with Crippen LogP contribution in [-0.4, -0.2) is 79.2 Å². The molecule has 40 heavy (non-hydrogen) atoms. The predicted molar refractivity (Wildman–Crippen MR) is 152 cm³/mol. The van der Waals surface area contributed by atoms with Crippen LogP contribution in [0.1, 0.15) is 69.0 Å². The molecule has 2 aliphatic heterocycles. The van der Waals surface area contributed by atoms with Gasteiger partial charge in [0.05, 0.1) is 26.3 Å². The van der Waals surface area contributed by atoms with Crippen molar-refractivity contribution in [3.8, 4) is 11.5 Å². The first kappa shape index (κ1) is 29.9. The number of hydrogen-bond acceptors (Lipinski definition) is 7. The Bertz CT molecular complexity index is 1080. The van der Waals surface area contributed by atoms with Crippen molar-refractivity contribution in [2.24, 2.45) is 0 Å². The Morgan fingerprint density at radius 2 is 1.65 bits per heavy atom. The zero-order valence-corrected chi connectivity index (χ0v) is 24.2. The van der Waals surface area contributed by atoms with Crippen molar-refractivity contribution in [3.05, 3.63) is 47.4 Å². The number of carbonyl (C=O) groups is 2. The van der Waals surface area contributed by atoms with Gasteiger partial charge in [-0.25, -0.2) is 0 Å². The summed E-state index contributed by atoms with van der Waals surface area (Å²) in [5.41, 5.74) is 0.930. The molecule has 9 heteroatoms. The molecule has 220 valence electrons. The highest BCUT2D eigenvalue weighted by atomic mass is 16.7. The van der Waals surface area contributed by atoms with Crippen LogP contribution in [0, 0.1) is 6.92 Å². The Kier molecular flexibility index (Phi) is 11.7. The number of morpholine rings is 1. The molecule has 0 spiro atoms. The molecule has 0 unspecified atom stereocenters. The average Bonchev–Trinajstić information content (AvgIpc) is 3.61. The fourth-order valence-corrected chi connectivity index (χ4v) is 5.11. The van der Waals surface area contributed by atoms with Crippen LogP contribution in [0.15, 0.2) is 34.7 Å². The predicted octanol–water partition coefficient (Wildman–Crippen LogP) is 4.76. The van der Waals surface area contributed by atoms with Crippen molar-refractivity contribution < 1.29 is 28.2 Å². The zero-order chi connectivity index (χ0) is 28.2. The van der Waals surface area contributed by atoms with E-state index in [1.165, 1.54) is 19.3 Å². The van der Waals surface area contributed by atoms with Gasteiger partial charge in [0.1, 0.15) is 11.5 Å². The molecule has 2 amide bonds.